The Labute approximate surface area is 160 Å². The monoisotopic (exact) mass is 366 g/mol. The Morgan fingerprint density at radius 1 is 1.00 bits per heavy atom. The van der Waals surface area contributed by atoms with Crippen LogP contribution >= 0.6 is 0 Å². The van der Waals surface area contributed by atoms with Gasteiger partial charge in [-0.3, -0.25) is 4.79 Å². The van der Waals surface area contributed by atoms with Crippen molar-refractivity contribution < 1.29 is 14.3 Å². The van der Waals surface area contributed by atoms with Crippen molar-refractivity contribution in [3.63, 3.8) is 0 Å². The zero-order valence-electron chi connectivity index (χ0n) is 15.7. The summed E-state index contributed by atoms with van der Waals surface area (Å²) in [5, 5.41) is 4.31. The molecule has 142 valence electrons. The Morgan fingerprint density at radius 3 is 2.44 bits per heavy atom. The minimum absolute atomic E-state index is 0.249. The molecule has 0 unspecified atom stereocenters. The summed E-state index contributed by atoms with van der Waals surface area (Å²) in [6.07, 6.45) is 4.18. The van der Waals surface area contributed by atoms with Crippen molar-refractivity contribution in [2.45, 2.75) is 32.6 Å². The quantitative estimate of drug-likeness (QED) is 0.582. The topological polar surface area (TPSA) is 59.9 Å². The minimum Gasteiger partial charge on any atom is -0.490 e. The third-order valence-corrected chi connectivity index (χ3v) is 4.65. The molecule has 0 heterocycles. The maximum absolute atomic E-state index is 12.5. The van der Waals surface area contributed by atoms with Crippen molar-refractivity contribution in [1.82, 2.24) is 5.43 Å². The van der Waals surface area contributed by atoms with Crippen molar-refractivity contribution >= 4 is 11.6 Å². The summed E-state index contributed by atoms with van der Waals surface area (Å²) >= 11 is 0. The number of carbonyl (C=O) groups is 1. The summed E-state index contributed by atoms with van der Waals surface area (Å²) in [7, 11) is 0. The van der Waals surface area contributed by atoms with E-state index in [2.05, 4.69) is 17.5 Å². The molecule has 5 heteroatoms. The lowest BCUT2D eigenvalue weighted by atomic mass is 9.90. The van der Waals surface area contributed by atoms with Gasteiger partial charge in [0.15, 0.2) is 0 Å². The normalized spacial score (nSPS) is 16.5. The highest BCUT2D eigenvalue weighted by Crippen LogP contribution is 2.21. The van der Waals surface area contributed by atoms with E-state index >= 15 is 0 Å². The maximum Gasteiger partial charge on any atom is 0.275 e. The first-order chi connectivity index (χ1) is 13.2. The lowest BCUT2D eigenvalue weighted by Gasteiger charge is -2.18. The van der Waals surface area contributed by atoms with Gasteiger partial charge in [0, 0.05) is 5.71 Å². The number of hydrogen-bond acceptors (Lipinski definition) is 4. The fraction of sp³-hybridized carbons (Fsp3) is 0.364. The van der Waals surface area contributed by atoms with E-state index in [1.165, 1.54) is 0 Å². The molecule has 2 aromatic rings. The molecule has 0 aliphatic heterocycles. The van der Waals surface area contributed by atoms with Gasteiger partial charge in [-0.25, -0.2) is 5.43 Å². The van der Waals surface area contributed by atoms with Gasteiger partial charge in [0.2, 0.25) is 0 Å². The van der Waals surface area contributed by atoms with Crippen LogP contribution in [-0.4, -0.2) is 24.8 Å². The third-order valence-electron chi connectivity index (χ3n) is 4.65. The highest BCUT2D eigenvalue weighted by atomic mass is 16.5. The van der Waals surface area contributed by atoms with E-state index in [-0.39, 0.29) is 5.91 Å². The van der Waals surface area contributed by atoms with E-state index in [9.17, 15) is 4.79 Å². The number of hydrazone groups is 1. The average molecular weight is 366 g/mol. The molecule has 1 aliphatic rings. The van der Waals surface area contributed by atoms with E-state index in [0.29, 0.717) is 24.5 Å². The molecule has 1 N–H and O–H groups in total. The zero-order chi connectivity index (χ0) is 18.9. The van der Waals surface area contributed by atoms with Crippen LogP contribution < -0.4 is 14.9 Å². The highest BCUT2D eigenvalue weighted by Gasteiger charge is 2.15. The van der Waals surface area contributed by atoms with Crippen LogP contribution in [-0.2, 0) is 0 Å². The molecule has 0 bridgehead atoms. The second-order valence-corrected chi connectivity index (χ2v) is 6.81. The van der Waals surface area contributed by atoms with Gasteiger partial charge in [-0.15, -0.1) is 0 Å². The predicted molar refractivity (Wildman–Crippen MR) is 106 cm³/mol. The fourth-order valence-corrected chi connectivity index (χ4v) is 3.01. The number of hydrogen-bond donors (Lipinski definition) is 1. The summed E-state index contributed by atoms with van der Waals surface area (Å²) in [6.45, 7) is 3.01. The van der Waals surface area contributed by atoms with E-state index in [4.69, 9.17) is 9.47 Å². The first kappa shape index (κ1) is 19.0. The van der Waals surface area contributed by atoms with Gasteiger partial charge in [0.25, 0.3) is 5.91 Å². The lowest BCUT2D eigenvalue weighted by Crippen LogP contribution is -2.22. The highest BCUT2D eigenvalue weighted by molar-refractivity contribution is 5.97. The van der Waals surface area contributed by atoms with Crippen LogP contribution in [0.25, 0.3) is 0 Å². The largest absolute Gasteiger partial charge is 0.490 e. The second kappa shape index (κ2) is 9.76. The number of rotatable bonds is 7. The molecule has 5 nitrogen and oxygen atoms in total. The number of amides is 1. The van der Waals surface area contributed by atoms with E-state index in [1.54, 1.807) is 12.1 Å². The van der Waals surface area contributed by atoms with Crippen LogP contribution in [0, 0.1) is 5.92 Å². The minimum atomic E-state index is -0.249. The van der Waals surface area contributed by atoms with Gasteiger partial charge in [-0.1, -0.05) is 37.3 Å². The van der Waals surface area contributed by atoms with Gasteiger partial charge in [0.1, 0.15) is 24.7 Å². The molecule has 3 rings (SSSR count). The summed E-state index contributed by atoms with van der Waals surface area (Å²) in [6, 6.07) is 16.8. The van der Waals surface area contributed by atoms with Crippen LogP contribution in [0.15, 0.2) is 59.7 Å². The van der Waals surface area contributed by atoms with Gasteiger partial charge in [-0.2, -0.15) is 5.10 Å². The molecule has 0 aromatic heterocycles. The van der Waals surface area contributed by atoms with Crippen LogP contribution in [0.4, 0.5) is 0 Å². The SMILES string of the molecule is CC1CCC(=NNC(=O)c2ccccc2OCCOc2ccccc2)CC1. The molecule has 0 atom stereocenters. The Bertz CT molecular complexity index is 764. The Balaban J connectivity index is 1.52. The molecule has 0 radical (unpaired) electrons. The molecule has 1 aliphatic carbocycles. The number of ether oxygens (including phenoxy) is 2. The van der Waals surface area contributed by atoms with Crippen molar-refractivity contribution in [2.75, 3.05) is 13.2 Å². The summed E-state index contributed by atoms with van der Waals surface area (Å²) < 4.78 is 11.4. The second-order valence-electron chi connectivity index (χ2n) is 6.81. The van der Waals surface area contributed by atoms with Gasteiger partial charge in [0.05, 0.1) is 5.56 Å². The van der Waals surface area contributed by atoms with Crippen LogP contribution in [0.2, 0.25) is 0 Å². The molecule has 0 saturated heterocycles. The number of nitrogens with one attached hydrogen (secondary N) is 1. The van der Waals surface area contributed by atoms with Crippen LogP contribution in [0.3, 0.4) is 0 Å². The van der Waals surface area contributed by atoms with Gasteiger partial charge in [-0.05, 0) is 55.9 Å². The average Bonchev–Trinajstić information content (AvgIpc) is 2.71. The fourth-order valence-electron chi connectivity index (χ4n) is 3.01. The first-order valence-electron chi connectivity index (χ1n) is 9.48. The molecular formula is C22H26N2O3. The molecule has 27 heavy (non-hydrogen) atoms. The standard InChI is InChI=1S/C22H26N2O3/c1-17-11-13-18(14-12-17)23-24-22(25)20-9-5-6-10-21(20)27-16-15-26-19-7-3-2-4-8-19/h2-10,17H,11-16H2,1H3,(H,24,25). The van der Waals surface area contributed by atoms with Crippen molar-refractivity contribution in [3.8, 4) is 11.5 Å². The molecule has 1 amide bonds. The number of benzene rings is 2. The van der Waals surface area contributed by atoms with Crippen molar-refractivity contribution in [2.24, 2.45) is 11.0 Å². The van der Waals surface area contributed by atoms with E-state index in [1.807, 2.05) is 42.5 Å². The predicted octanol–water partition coefficient (Wildman–Crippen LogP) is 4.44. The maximum atomic E-state index is 12.5. The van der Waals surface area contributed by atoms with Gasteiger partial charge >= 0.3 is 0 Å². The Hall–Kier alpha value is -2.82. The van der Waals surface area contributed by atoms with Crippen LogP contribution in [0.1, 0.15) is 43.0 Å². The summed E-state index contributed by atoms with van der Waals surface area (Å²) in [5.74, 6) is 1.82. The number of nitrogens with zero attached hydrogens (tertiary/aromatic N) is 1. The number of para-hydroxylation sites is 2. The van der Waals surface area contributed by atoms with E-state index in [0.717, 1.165) is 43.1 Å². The van der Waals surface area contributed by atoms with Gasteiger partial charge < -0.3 is 9.47 Å². The van der Waals surface area contributed by atoms with Crippen LogP contribution in [0.5, 0.6) is 11.5 Å². The Morgan fingerprint density at radius 2 is 1.67 bits per heavy atom. The van der Waals surface area contributed by atoms with E-state index < -0.39 is 0 Å². The third kappa shape index (κ3) is 5.84. The molecule has 2 aromatic carbocycles. The molecule has 1 fully saturated rings. The number of carbonyl (C=O) groups excluding carboxylic acids is 1. The van der Waals surface area contributed by atoms with Crippen molar-refractivity contribution in [1.29, 1.82) is 0 Å². The molecule has 0 spiro atoms. The lowest BCUT2D eigenvalue weighted by molar-refractivity contribution is 0.0949. The summed E-state index contributed by atoms with van der Waals surface area (Å²) in [4.78, 5) is 12.5. The molecule has 1 saturated carbocycles. The van der Waals surface area contributed by atoms with Crippen molar-refractivity contribution in [3.05, 3.63) is 60.2 Å². The Kier molecular flexibility index (Phi) is 6.85. The smallest absolute Gasteiger partial charge is 0.275 e. The summed E-state index contributed by atoms with van der Waals surface area (Å²) in [5.41, 5.74) is 4.22. The molecular weight excluding hydrogens is 340 g/mol. The zero-order valence-corrected chi connectivity index (χ0v) is 15.7. The first-order valence-corrected chi connectivity index (χ1v) is 9.48.